The zero-order valence-corrected chi connectivity index (χ0v) is 14.7. The van der Waals surface area contributed by atoms with Crippen molar-refractivity contribution in [3.05, 3.63) is 58.7 Å². The highest BCUT2D eigenvalue weighted by atomic mass is 19.1. The molecule has 9 heteroatoms. The first-order chi connectivity index (χ1) is 13.5. The minimum atomic E-state index is -0.780. The summed E-state index contributed by atoms with van der Waals surface area (Å²) in [5, 5.41) is 2.46. The van der Waals surface area contributed by atoms with E-state index in [2.05, 4.69) is 20.3 Å². The molecular weight excluding hydrogens is 370 g/mol. The third-order valence-corrected chi connectivity index (χ3v) is 4.25. The van der Waals surface area contributed by atoms with Crippen LogP contribution < -0.4 is 5.32 Å². The van der Waals surface area contributed by atoms with Crippen LogP contribution in [-0.4, -0.2) is 40.7 Å². The number of nitrogens with zero attached hydrogens (tertiary/aromatic N) is 2. The monoisotopic (exact) mass is 384 g/mol. The highest BCUT2D eigenvalue weighted by Gasteiger charge is 2.28. The Balaban J connectivity index is 1.75. The average molecular weight is 384 g/mol. The van der Waals surface area contributed by atoms with Crippen LogP contribution in [0.2, 0.25) is 0 Å². The van der Waals surface area contributed by atoms with E-state index in [0.29, 0.717) is 16.6 Å². The molecule has 3 aromatic rings. The lowest BCUT2D eigenvalue weighted by Gasteiger charge is -2.17. The van der Waals surface area contributed by atoms with Gasteiger partial charge in [-0.25, -0.2) is 18.6 Å². The van der Waals surface area contributed by atoms with Crippen molar-refractivity contribution in [1.82, 2.24) is 9.97 Å². The lowest BCUT2D eigenvalue weighted by atomic mass is 9.91. The first kappa shape index (κ1) is 17.8. The van der Waals surface area contributed by atoms with Crippen LogP contribution in [0.5, 0.6) is 0 Å². The summed E-state index contributed by atoms with van der Waals surface area (Å²) in [6.07, 6.45) is -0.650. The van der Waals surface area contributed by atoms with Crippen LogP contribution in [0.15, 0.2) is 35.3 Å². The second kappa shape index (κ2) is 6.84. The highest BCUT2D eigenvalue weighted by Crippen LogP contribution is 2.27. The van der Waals surface area contributed by atoms with E-state index in [1.165, 1.54) is 0 Å². The number of anilines is 1. The van der Waals surface area contributed by atoms with Gasteiger partial charge < -0.3 is 9.72 Å². The van der Waals surface area contributed by atoms with Crippen molar-refractivity contribution in [1.29, 1.82) is 0 Å². The molecule has 0 aliphatic carbocycles. The van der Waals surface area contributed by atoms with E-state index in [9.17, 15) is 18.4 Å². The third kappa shape index (κ3) is 3.00. The number of halogens is 2. The zero-order valence-electron chi connectivity index (χ0n) is 14.7. The number of aromatic nitrogens is 2. The summed E-state index contributed by atoms with van der Waals surface area (Å²) >= 11 is 0. The molecule has 2 N–H and O–H groups in total. The molecule has 0 saturated carbocycles. The largest absolute Gasteiger partial charge is 0.450 e. The molecular formula is C19H14F2N4O3. The van der Waals surface area contributed by atoms with Crippen LogP contribution in [0, 0.1) is 11.6 Å². The molecule has 142 valence electrons. The van der Waals surface area contributed by atoms with Crippen molar-refractivity contribution in [3.63, 3.8) is 0 Å². The number of carbonyl (C=O) groups excluding carboxylic acids is 2. The van der Waals surface area contributed by atoms with Crippen molar-refractivity contribution in [2.75, 3.05) is 18.5 Å². The number of ketones is 1. The molecule has 0 radical (unpaired) electrons. The smallest absolute Gasteiger partial charge is 0.413 e. The van der Waals surface area contributed by atoms with Gasteiger partial charge in [-0.15, -0.1) is 0 Å². The first-order valence-corrected chi connectivity index (χ1v) is 8.48. The van der Waals surface area contributed by atoms with E-state index < -0.39 is 23.5 Å². The summed E-state index contributed by atoms with van der Waals surface area (Å²) < 4.78 is 33.3. The second-order valence-electron chi connectivity index (χ2n) is 6.03. The number of hydrogen-bond acceptors (Lipinski definition) is 5. The molecule has 0 fully saturated rings. The van der Waals surface area contributed by atoms with Crippen LogP contribution in [-0.2, 0) is 4.74 Å². The van der Waals surface area contributed by atoms with Crippen molar-refractivity contribution in [2.24, 2.45) is 4.99 Å². The van der Waals surface area contributed by atoms with Crippen LogP contribution in [0.25, 0.3) is 11.0 Å². The molecule has 0 unspecified atom stereocenters. The van der Waals surface area contributed by atoms with Gasteiger partial charge in [0.15, 0.2) is 5.78 Å². The van der Waals surface area contributed by atoms with Gasteiger partial charge in [-0.2, -0.15) is 0 Å². The highest BCUT2D eigenvalue weighted by molar-refractivity contribution is 6.22. The standard InChI is InChI=1S/C19H14F2N4O3/c1-2-28-19(27)25-18-23-12-6-3-9(7-13(12)24-18)17-16-11(21)5-4-10(20)15(16)14(26)8-22-17/h3-7H,2,8H2,1H3,(H2,23,24,25,27). The third-order valence-electron chi connectivity index (χ3n) is 4.25. The van der Waals surface area contributed by atoms with Crippen molar-refractivity contribution in [3.8, 4) is 0 Å². The van der Waals surface area contributed by atoms with Crippen molar-refractivity contribution < 1.29 is 23.1 Å². The number of Topliss-reactive ketones (excluding diaryl/α,β-unsaturated/α-hetero) is 1. The van der Waals surface area contributed by atoms with Gasteiger partial charge in [-0.05, 0) is 31.2 Å². The molecule has 0 atom stereocenters. The Morgan fingerprint density at radius 3 is 2.71 bits per heavy atom. The second-order valence-corrected chi connectivity index (χ2v) is 6.03. The van der Waals surface area contributed by atoms with Crippen LogP contribution in [0.1, 0.15) is 28.4 Å². The summed E-state index contributed by atoms with van der Waals surface area (Å²) in [7, 11) is 0. The van der Waals surface area contributed by atoms with Gasteiger partial charge in [0.25, 0.3) is 0 Å². The van der Waals surface area contributed by atoms with Gasteiger partial charge >= 0.3 is 6.09 Å². The fourth-order valence-electron chi connectivity index (χ4n) is 3.08. The summed E-state index contributed by atoms with van der Waals surface area (Å²) in [4.78, 5) is 34.8. The Labute approximate surface area is 157 Å². The maximum atomic E-state index is 14.4. The summed E-state index contributed by atoms with van der Waals surface area (Å²) in [6.45, 7) is 1.63. The fourth-order valence-corrected chi connectivity index (χ4v) is 3.08. The van der Waals surface area contributed by atoms with E-state index in [4.69, 9.17) is 4.74 Å². The molecule has 28 heavy (non-hydrogen) atoms. The minimum absolute atomic E-state index is 0.153. The van der Waals surface area contributed by atoms with Gasteiger partial charge in [-0.1, -0.05) is 6.07 Å². The molecule has 1 aromatic heterocycles. The Kier molecular flexibility index (Phi) is 4.34. The normalized spacial score (nSPS) is 13.2. The number of nitrogens with one attached hydrogen (secondary N) is 2. The molecule has 2 heterocycles. The number of aromatic amines is 1. The molecule has 0 saturated heterocycles. The van der Waals surface area contributed by atoms with Crippen LogP contribution in [0.3, 0.4) is 0 Å². The van der Waals surface area contributed by atoms with Crippen molar-refractivity contribution in [2.45, 2.75) is 6.92 Å². The number of carbonyl (C=O) groups is 2. The molecule has 2 aromatic carbocycles. The summed E-state index contributed by atoms with van der Waals surface area (Å²) in [6, 6.07) is 6.83. The molecule has 1 aliphatic heterocycles. The van der Waals surface area contributed by atoms with E-state index >= 15 is 0 Å². The van der Waals surface area contributed by atoms with E-state index in [1.807, 2.05) is 0 Å². The van der Waals surface area contributed by atoms with E-state index in [-0.39, 0.29) is 35.9 Å². The number of H-pyrrole nitrogens is 1. The Morgan fingerprint density at radius 1 is 1.21 bits per heavy atom. The van der Waals surface area contributed by atoms with Gasteiger partial charge in [0, 0.05) is 11.1 Å². The molecule has 1 aliphatic rings. The van der Waals surface area contributed by atoms with E-state index in [1.54, 1.807) is 25.1 Å². The Bertz CT molecular complexity index is 1150. The Hall–Kier alpha value is -3.62. The predicted molar refractivity (Wildman–Crippen MR) is 97.9 cm³/mol. The number of fused-ring (bicyclic) bond motifs is 2. The van der Waals surface area contributed by atoms with Gasteiger partial charge in [0.2, 0.25) is 5.95 Å². The molecule has 1 amide bonds. The predicted octanol–water partition coefficient (Wildman–Crippen LogP) is 3.44. The zero-order chi connectivity index (χ0) is 19.8. The summed E-state index contributed by atoms with van der Waals surface area (Å²) in [5.74, 6) is -1.89. The van der Waals surface area contributed by atoms with Crippen LogP contribution >= 0.6 is 0 Å². The maximum absolute atomic E-state index is 14.4. The lowest BCUT2D eigenvalue weighted by Crippen LogP contribution is -2.23. The number of rotatable bonds is 3. The SMILES string of the molecule is CCOC(=O)Nc1nc2ccc(C3=NCC(=O)c4c(F)ccc(F)c43)cc2[nH]1. The number of ether oxygens (including phenoxy) is 1. The average Bonchev–Trinajstić information content (AvgIpc) is 3.06. The maximum Gasteiger partial charge on any atom is 0.413 e. The number of aliphatic imine (C=N–C) groups is 1. The molecule has 0 bridgehead atoms. The molecule has 0 spiro atoms. The number of benzene rings is 2. The van der Waals surface area contributed by atoms with Gasteiger partial charge in [0.1, 0.15) is 18.2 Å². The fraction of sp³-hybridized carbons (Fsp3) is 0.158. The Morgan fingerprint density at radius 2 is 1.96 bits per heavy atom. The lowest BCUT2D eigenvalue weighted by molar-refractivity contribution is 0.0995. The molecule has 4 rings (SSSR count). The first-order valence-electron chi connectivity index (χ1n) is 8.48. The summed E-state index contributed by atoms with van der Waals surface area (Å²) in [5.41, 5.74) is 1.31. The number of hydrogen-bond donors (Lipinski definition) is 2. The minimum Gasteiger partial charge on any atom is -0.450 e. The van der Waals surface area contributed by atoms with Crippen LogP contribution in [0.4, 0.5) is 19.5 Å². The quantitative estimate of drug-likeness (QED) is 0.723. The molecule has 7 nitrogen and oxygen atoms in total. The number of amides is 1. The number of imidazole rings is 1. The topological polar surface area (TPSA) is 96.4 Å². The van der Waals surface area contributed by atoms with Gasteiger partial charge in [-0.3, -0.25) is 15.1 Å². The van der Waals surface area contributed by atoms with Gasteiger partial charge in [0.05, 0.1) is 28.9 Å². The van der Waals surface area contributed by atoms with Crippen molar-refractivity contribution >= 4 is 34.6 Å². The van der Waals surface area contributed by atoms with E-state index in [0.717, 1.165) is 12.1 Å².